The van der Waals surface area contributed by atoms with E-state index in [1.165, 1.54) is 6.07 Å². The molecule has 6 nitrogen and oxygen atoms in total. The Morgan fingerprint density at radius 2 is 2.19 bits per heavy atom. The Balaban J connectivity index is 2.29. The van der Waals surface area contributed by atoms with Crippen LogP contribution in [0, 0.1) is 5.82 Å². The molecule has 0 aliphatic heterocycles. The monoisotopic (exact) mass is 291 g/mol. The van der Waals surface area contributed by atoms with E-state index in [0.717, 1.165) is 11.9 Å². The molecule has 0 saturated heterocycles. The quantitative estimate of drug-likeness (QED) is 0.886. The molecule has 0 aliphatic carbocycles. The van der Waals surface area contributed by atoms with E-state index in [9.17, 15) is 9.18 Å². The molecule has 2 N–H and O–H groups in total. The summed E-state index contributed by atoms with van der Waals surface area (Å²) < 4.78 is 15.0. The fraction of sp³-hybridized carbons (Fsp3) is 0.357. The molecule has 0 atom stereocenters. The molecular weight excluding hydrogens is 273 g/mol. The molecule has 0 spiro atoms. The lowest BCUT2D eigenvalue weighted by Gasteiger charge is -2.10. The first-order valence-electron chi connectivity index (χ1n) is 6.78. The first-order chi connectivity index (χ1) is 10.0. The number of halogens is 1. The topological polar surface area (TPSA) is 71.8 Å². The van der Waals surface area contributed by atoms with Crippen LogP contribution in [0.25, 0.3) is 0 Å². The summed E-state index contributed by atoms with van der Waals surface area (Å²) in [4.78, 5) is 16.3. The Hall–Kier alpha value is -2.44. The smallest absolute Gasteiger partial charge is 0.259 e. The molecular formula is C14H18FN5O. The highest BCUT2D eigenvalue weighted by Crippen LogP contribution is 2.18. The van der Waals surface area contributed by atoms with E-state index < -0.39 is 11.7 Å². The predicted octanol–water partition coefficient (Wildman–Crippen LogP) is 2.20. The zero-order chi connectivity index (χ0) is 15.4. The molecule has 0 bridgehead atoms. The zero-order valence-electron chi connectivity index (χ0n) is 12.3. The number of pyridine rings is 1. The molecule has 1 amide bonds. The predicted molar refractivity (Wildman–Crippen MR) is 78.9 cm³/mol. The summed E-state index contributed by atoms with van der Waals surface area (Å²) in [5.74, 6) is -0.609. The van der Waals surface area contributed by atoms with Gasteiger partial charge in [0.1, 0.15) is 11.6 Å². The number of carbonyl (C=O) groups excluding carboxylic acids is 1. The van der Waals surface area contributed by atoms with Gasteiger partial charge in [0.15, 0.2) is 0 Å². The molecule has 2 rings (SSSR count). The van der Waals surface area contributed by atoms with Crippen LogP contribution in [-0.4, -0.2) is 27.2 Å². The molecule has 0 saturated carbocycles. The number of nitrogens with one attached hydrogen (secondary N) is 2. The van der Waals surface area contributed by atoms with Crippen LogP contribution in [0.15, 0.2) is 18.5 Å². The van der Waals surface area contributed by atoms with Crippen molar-refractivity contribution >= 4 is 17.4 Å². The van der Waals surface area contributed by atoms with Gasteiger partial charge in [-0.2, -0.15) is 5.10 Å². The lowest BCUT2D eigenvalue weighted by molar-refractivity contribution is 0.102. The van der Waals surface area contributed by atoms with Gasteiger partial charge in [0, 0.05) is 19.8 Å². The van der Waals surface area contributed by atoms with Gasteiger partial charge in [0.25, 0.3) is 5.91 Å². The van der Waals surface area contributed by atoms with Crippen molar-refractivity contribution in [3.05, 3.63) is 35.5 Å². The molecule has 2 aromatic heterocycles. The van der Waals surface area contributed by atoms with Crippen LogP contribution < -0.4 is 10.6 Å². The minimum Gasteiger partial charge on any atom is -0.370 e. The SMILES string of the molecule is CCNc1ncc(F)cc1C(=O)Nc1cn(C)nc1CC. The number of nitrogens with zero attached hydrogens (tertiary/aromatic N) is 3. The van der Waals surface area contributed by atoms with Crippen LogP contribution in [0.5, 0.6) is 0 Å². The zero-order valence-corrected chi connectivity index (χ0v) is 12.3. The second kappa shape index (κ2) is 6.34. The van der Waals surface area contributed by atoms with Gasteiger partial charge in [0.2, 0.25) is 0 Å². The number of hydrogen-bond acceptors (Lipinski definition) is 4. The van der Waals surface area contributed by atoms with Crippen LogP contribution >= 0.6 is 0 Å². The molecule has 0 unspecified atom stereocenters. The third-order valence-electron chi connectivity index (χ3n) is 2.93. The van der Waals surface area contributed by atoms with E-state index in [0.29, 0.717) is 24.5 Å². The summed E-state index contributed by atoms with van der Waals surface area (Å²) >= 11 is 0. The minimum absolute atomic E-state index is 0.169. The molecule has 2 heterocycles. The van der Waals surface area contributed by atoms with Gasteiger partial charge in [-0.3, -0.25) is 9.48 Å². The maximum atomic E-state index is 13.3. The highest BCUT2D eigenvalue weighted by Gasteiger charge is 2.16. The first-order valence-corrected chi connectivity index (χ1v) is 6.78. The Morgan fingerprint density at radius 3 is 2.86 bits per heavy atom. The van der Waals surface area contributed by atoms with Crippen molar-refractivity contribution in [3.8, 4) is 0 Å². The standard InChI is InChI=1S/C14H18FN5O/c1-4-11-12(8-20(3)19-11)18-14(21)10-6-9(15)7-17-13(10)16-5-2/h6-8H,4-5H2,1-3H3,(H,16,17)(H,18,21). The second-order valence-electron chi connectivity index (χ2n) is 4.55. The number of amides is 1. The van der Waals surface area contributed by atoms with E-state index in [1.54, 1.807) is 17.9 Å². The van der Waals surface area contributed by atoms with E-state index >= 15 is 0 Å². The van der Waals surface area contributed by atoms with Gasteiger partial charge in [-0.25, -0.2) is 9.37 Å². The van der Waals surface area contributed by atoms with Crippen LogP contribution in [0.3, 0.4) is 0 Å². The van der Waals surface area contributed by atoms with Crippen LogP contribution in [-0.2, 0) is 13.5 Å². The minimum atomic E-state index is -0.552. The van der Waals surface area contributed by atoms with Crippen molar-refractivity contribution in [2.45, 2.75) is 20.3 Å². The van der Waals surface area contributed by atoms with Crippen LogP contribution in [0.1, 0.15) is 29.9 Å². The van der Waals surface area contributed by atoms with Gasteiger partial charge in [-0.15, -0.1) is 0 Å². The van der Waals surface area contributed by atoms with E-state index in [4.69, 9.17) is 0 Å². The fourth-order valence-corrected chi connectivity index (χ4v) is 2.01. The average molecular weight is 291 g/mol. The number of rotatable bonds is 5. The lowest BCUT2D eigenvalue weighted by atomic mass is 10.2. The normalized spacial score (nSPS) is 10.5. The van der Waals surface area contributed by atoms with Crippen molar-refractivity contribution in [2.24, 2.45) is 7.05 Å². The third kappa shape index (κ3) is 3.36. The maximum Gasteiger partial charge on any atom is 0.259 e. The summed E-state index contributed by atoms with van der Waals surface area (Å²) in [5, 5.41) is 9.95. The number of carbonyl (C=O) groups is 1. The van der Waals surface area contributed by atoms with Crippen molar-refractivity contribution in [1.29, 1.82) is 0 Å². The van der Waals surface area contributed by atoms with Gasteiger partial charge >= 0.3 is 0 Å². The summed E-state index contributed by atoms with van der Waals surface area (Å²) in [6, 6.07) is 1.17. The molecule has 0 aliphatic rings. The Labute approximate surface area is 122 Å². The van der Waals surface area contributed by atoms with E-state index in [2.05, 4.69) is 20.7 Å². The van der Waals surface area contributed by atoms with Gasteiger partial charge < -0.3 is 10.6 Å². The summed E-state index contributed by atoms with van der Waals surface area (Å²) in [6.07, 6.45) is 3.49. The van der Waals surface area contributed by atoms with Gasteiger partial charge in [0.05, 0.1) is 23.1 Å². The third-order valence-corrected chi connectivity index (χ3v) is 2.93. The molecule has 21 heavy (non-hydrogen) atoms. The van der Waals surface area contributed by atoms with E-state index in [1.807, 2.05) is 13.8 Å². The Morgan fingerprint density at radius 1 is 1.43 bits per heavy atom. The van der Waals surface area contributed by atoms with Crippen molar-refractivity contribution in [1.82, 2.24) is 14.8 Å². The maximum absolute atomic E-state index is 13.3. The molecule has 2 aromatic rings. The molecule has 0 radical (unpaired) electrons. The first kappa shape index (κ1) is 15.0. The fourth-order valence-electron chi connectivity index (χ4n) is 2.01. The van der Waals surface area contributed by atoms with Crippen molar-refractivity contribution in [2.75, 3.05) is 17.2 Å². The Kier molecular flexibility index (Phi) is 4.52. The highest BCUT2D eigenvalue weighted by atomic mass is 19.1. The van der Waals surface area contributed by atoms with Gasteiger partial charge in [-0.05, 0) is 19.4 Å². The van der Waals surface area contributed by atoms with Crippen LogP contribution in [0.4, 0.5) is 15.9 Å². The number of aromatic nitrogens is 3. The summed E-state index contributed by atoms with van der Waals surface area (Å²) in [7, 11) is 1.78. The number of aryl methyl sites for hydroxylation is 2. The largest absolute Gasteiger partial charge is 0.370 e. The number of hydrogen-bond donors (Lipinski definition) is 2. The summed E-state index contributed by atoms with van der Waals surface area (Å²) in [6.45, 7) is 4.42. The Bertz CT molecular complexity index is 653. The van der Waals surface area contributed by atoms with Gasteiger partial charge in [-0.1, -0.05) is 6.92 Å². The molecule has 0 fully saturated rings. The van der Waals surface area contributed by atoms with Crippen molar-refractivity contribution < 1.29 is 9.18 Å². The molecule has 0 aromatic carbocycles. The highest BCUT2D eigenvalue weighted by molar-refractivity contribution is 6.07. The number of anilines is 2. The summed E-state index contributed by atoms with van der Waals surface area (Å²) in [5.41, 5.74) is 1.57. The molecule has 112 valence electrons. The molecule has 7 heteroatoms. The lowest BCUT2D eigenvalue weighted by Crippen LogP contribution is -2.16. The van der Waals surface area contributed by atoms with Crippen molar-refractivity contribution in [3.63, 3.8) is 0 Å². The second-order valence-corrected chi connectivity index (χ2v) is 4.55. The van der Waals surface area contributed by atoms with E-state index in [-0.39, 0.29) is 5.56 Å². The van der Waals surface area contributed by atoms with Crippen LogP contribution in [0.2, 0.25) is 0 Å². The average Bonchev–Trinajstić information content (AvgIpc) is 2.80.